The maximum atomic E-state index is 11.4. The summed E-state index contributed by atoms with van der Waals surface area (Å²) in [7, 11) is 4.20. The maximum Gasteiger partial charge on any atom is 0.161 e. The lowest BCUT2D eigenvalue weighted by Gasteiger charge is -2.29. The van der Waals surface area contributed by atoms with Gasteiger partial charge in [0.2, 0.25) is 0 Å². The average molecular weight is 261 g/mol. The molecule has 4 heteroatoms. The van der Waals surface area contributed by atoms with Crippen LogP contribution < -0.4 is 10.6 Å². The highest BCUT2D eigenvalue weighted by molar-refractivity contribution is 5.99. The lowest BCUT2D eigenvalue weighted by molar-refractivity contribution is 0.101. The van der Waals surface area contributed by atoms with Crippen molar-refractivity contribution in [2.75, 3.05) is 37.8 Å². The van der Waals surface area contributed by atoms with Crippen molar-refractivity contribution in [3.05, 3.63) is 23.8 Å². The molecule has 0 bridgehead atoms. The lowest BCUT2D eigenvalue weighted by atomic mass is 10.1. The summed E-state index contributed by atoms with van der Waals surface area (Å²) in [4.78, 5) is 16.0. The zero-order valence-electron chi connectivity index (χ0n) is 12.0. The minimum absolute atomic E-state index is 0.0234. The molecule has 1 aromatic rings. The molecule has 1 saturated heterocycles. The number of nitrogen functional groups attached to an aromatic ring is 1. The summed E-state index contributed by atoms with van der Waals surface area (Å²) < 4.78 is 0. The molecular weight excluding hydrogens is 238 g/mol. The molecule has 4 nitrogen and oxygen atoms in total. The van der Waals surface area contributed by atoms with Crippen molar-refractivity contribution >= 4 is 17.2 Å². The number of ketones is 1. The molecule has 1 aromatic carbocycles. The van der Waals surface area contributed by atoms with E-state index in [4.69, 9.17) is 5.73 Å². The molecule has 1 heterocycles. The molecule has 0 aromatic heterocycles. The number of rotatable bonds is 4. The van der Waals surface area contributed by atoms with E-state index in [1.54, 1.807) is 6.92 Å². The Morgan fingerprint density at radius 3 is 2.79 bits per heavy atom. The molecule has 0 amide bonds. The third kappa shape index (κ3) is 3.07. The molecule has 1 unspecified atom stereocenters. The van der Waals surface area contributed by atoms with Gasteiger partial charge in [0, 0.05) is 36.1 Å². The zero-order chi connectivity index (χ0) is 14.0. The molecule has 2 N–H and O–H groups in total. The summed E-state index contributed by atoms with van der Waals surface area (Å²) in [5.41, 5.74) is 8.31. The Labute approximate surface area is 115 Å². The van der Waals surface area contributed by atoms with Gasteiger partial charge in [-0.2, -0.15) is 0 Å². The molecule has 0 saturated carbocycles. The van der Waals surface area contributed by atoms with Crippen LogP contribution in [0.15, 0.2) is 18.2 Å². The van der Waals surface area contributed by atoms with Gasteiger partial charge in [-0.1, -0.05) is 0 Å². The quantitative estimate of drug-likeness (QED) is 0.665. The van der Waals surface area contributed by atoms with Gasteiger partial charge in [0.1, 0.15) is 0 Å². The van der Waals surface area contributed by atoms with Gasteiger partial charge in [-0.15, -0.1) is 0 Å². The molecule has 2 rings (SSSR count). The number of carbonyl (C=O) groups is 1. The molecule has 0 spiro atoms. The van der Waals surface area contributed by atoms with E-state index in [2.05, 4.69) is 23.9 Å². The van der Waals surface area contributed by atoms with Crippen LogP contribution >= 0.6 is 0 Å². The topological polar surface area (TPSA) is 49.6 Å². The van der Waals surface area contributed by atoms with Gasteiger partial charge in [-0.05, 0) is 52.1 Å². The molecule has 104 valence electrons. The molecule has 19 heavy (non-hydrogen) atoms. The Hall–Kier alpha value is -1.55. The molecular formula is C15H23N3O. The first kappa shape index (κ1) is 13.9. The van der Waals surface area contributed by atoms with Gasteiger partial charge in [0.25, 0.3) is 0 Å². The van der Waals surface area contributed by atoms with Crippen molar-refractivity contribution in [1.82, 2.24) is 4.90 Å². The number of anilines is 2. The first-order valence-electron chi connectivity index (χ1n) is 6.81. The smallest absolute Gasteiger partial charge is 0.161 e. The molecule has 0 aliphatic carbocycles. The van der Waals surface area contributed by atoms with E-state index in [0.717, 1.165) is 18.8 Å². The number of Topliss-reactive ketones (excluding diaryl/α,β-unsaturated/α-hetero) is 1. The fourth-order valence-electron chi connectivity index (χ4n) is 2.84. The Kier molecular flexibility index (Phi) is 4.10. The van der Waals surface area contributed by atoms with Gasteiger partial charge < -0.3 is 15.5 Å². The number of nitrogens with two attached hydrogens (primary N) is 1. The Morgan fingerprint density at radius 1 is 1.47 bits per heavy atom. The Balaban J connectivity index is 2.21. The van der Waals surface area contributed by atoms with Crippen LogP contribution in [0.5, 0.6) is 0 Å². The highest BCUT2D eigenvalue weighted by Gasteiger charge is 2.25. The normalized spacial score (nSPS) is 19.2. The van der Waals surface area contributed by atoms with E-state index in [0.29, 0.717) is 17.3 Å². The van der Waals surface area contributed by atoms with Crippen LogP contribution in [0.2, 0.25) is 0 Å². The van der Waals surface area contributed by atoms with Crippen LogP contribution in [0.4, 0.5) is 11.4 Å². The van der Waals surface area contributed by atoms with Crippen LogP contribution in [0, 0.1) is 0 Å². The summed E-state index contributed by atoms with van der Waals surface area (Å²) in [5, 5.41) is 0. The number of benzene rings is 1. The van der Waals surface area contributed by atoms with Crippen molar-refractivity contribution in [3.8, 4) is 0 Å². The Bertz CT molecular complexity index is 470. The SMILES string of the molecule is CC(=O)c1ccc(N2CCCC2CN(C)C)cc1N. The highest BCUT2D eigenvalue weighted by Crippen LogP contribution is 2.28. The van der Waals surface area contributed by atoms with E-state index in [9.17, 15) is 4.79 Å². The summed E-state index contributed by atoms with van der Waals surface area (Å²) >= 11 is 0. The van der Waals surface area contributed by atoms with E-state index in [1.165, 1.54) is 12.8 Å². The predicted octanol–water partition coefficient (Wildman–Crippen LogP) is 2.00. The van der Waals surface area contributed by atoms with Gasteiger partial charge in [-0.25, -0.2) is 0 Å². The molecule has 0 radical (unpaired) electrons. The van der Waals surface area contributed by atoms with E-state index in [-0.39, 0.29) is 5.78 Å². The van der Waals surface area contributed by atoms with Gasteiger partial charge in [-0.3, -0.25) is 4.79 Å². The van der Waals surface area contributed by atoms with Crippen molar-refractivity contribution < 1.29 is 4.79 Å². The number of nitrogens with zero attached hydrogens (tertiary/aromatic N) is 2. The number of likely N-dealkylation sites (N-methyl/N-ethyl adjacent to an activating group) is 1. The fourth-order valence-corrected chi connectivity index (χ4v) is 2.84. The minimum Gasteiger partial charge on any atom is -0.398 e. The summed E-state index contributed by atoms with van der Waals surface area (Å²) in [6.07, 6.45) is 2.43. The molecule has 1 aliphatic rings. The van der Waals surface area contributed by atoms with E-state index < -0.39 is 0 Å². The predicted molar refractivity (Wildman–Crippen MR) is 79.8 cm³/mol. The zero-order valence-corrected chi connectivity index (χ0v) is 12.0. The van der Waals surface area contributed by atoms with E-state index in [1.807, 2.05) is 18.2 Å². The molecule has 1 fully saturated rings. The fraction of sp³-hybridized carbons (Fsp3) is 0.533. The van der Waals surface area contributed by atoms with Crippen molar-refractivity contribution in [1.29, 1.82) is 0 Å². The Morgan fingerprint density at radius 2 is 2.21 bits per heavy atom. The second-order valence-electron chi connectivity index (χ2n) is 5.58. The van der Waals surface area contributed by atoms with Crippen LogP contribution in [0.25, 0.3) is 0 Å². The summed E-state index contributed by atoms with van der Waals surface area (Å²) in [6.45, 7) is 3.67. The van der Waals surface area contributed by atoms with Crippen LogP contribution in [-0.2, 0) is 0 Å². The highest BCUT2D eigenvalue weighted by atomic mass is 16.1. The molecule has 1 atom stereocenters. The van der Waals surface area contributed by atoms with Crippen LogP contribution in [0.3, 0.4) is 0 Å². The first-order chi connectivity index (χ1) is 8.99. The van der Waals surface area contributed by atoms with Gasteiger partial charge in [0.05, 0.1) is 0 Å². The minimum atomic E-state index is 0.0234. The molecule has 1 aliphatic heterocycles. The summed E-state index contributed by atoms with van der Waals surface area (Å²) in [6, 6.07) is 6.33. The number of carbonyl (C=O) groups excluding carboxylic acids is 1. The second-order valence-corrected chi connectivity index (χ2v) is 5.58. The third-order valence-electron chi connectivity index (χ3n) is 3.70. The standard InChI is InChI=1S/C15H23N3O/c1-11(19)14-7-6-12(9-15(14)16)18-8-4-5-13(18)10-17(2)3/h6-7,9,13H,4-5,8,10,16H2,1-3H3. The maximum absolute atomic E-state index is 11.4. The van der Waals surface area contributed by atoms with E-state index >= 15 is 0 Å². The van der Waals surface area contributed by atoms with Crippen LogP contribution in [0.1, 0.15) is 30.1 Å². The third-order valence-corrected chi connectivity index (χ3v) is 3.70. The van der Waals surface area contributed by atoms with Crippen molar-refractivity contribution in [3.63, 3.8) is 0 Å². The summed E-state index contributed by atoms with van der Waals surface area (Å²) in [5.74, 6) is 0.0234. The lowest BCUT2D eigenvalue weighted by Crippen LogP contribution is -2.37. The monoisotopic (exact) mass is 261 g/mol. The largest absolute Gasteiger partial charge is 0.398 e. The first-order valence-corrected chi connectivity index (χ1v) is 6.81. The number of hydrogen-bond acceptors (Lipinski definition) is 4. The average Bonchev–Trinajstić information content (AvgIpc) is 2.75. The van der Waals surface area contributed by atoms with Crippen LogP contribution in [-0.4, -0.2) is 43.9 Å². The number of hydrogen-bond donors (Lipinski definition) is 1. The second kappa shape index (κ2) is 5.61. The van der Waals surface area contributed by atoms with Crippen molar-refractivity contribution in [2.24, 2.45) is 0 Å². The van der Waals surface area contributed by atoms with Gasteiger partial charge in [0.15, 0.2) is 5.78 Å². The van der Waals surface area contributed by atoms with Crippen molar-refractivity contribution in [2.45, 2.75) is 25.8 Å². The van der Waals surface area contributed by atoms with Gasteiger partial charge >= 0.3 is 0 Å².